The van der Waals surface area contributed by atoms with Gasteiger partial charge < -0.3 is 39.8 Å². The van der Waals surface area contributed by atoms with Crippen molar-refractivity contribution >= 4 is 29.8 Å². The molecule has 6 atom stereocenters. The van der Waals surface area contributed by atoms with E-state index in [0.717, 1.165) is 30.4 Å². The van der Waals surface area contributed by atoms with E-state index >= 15 is 0 Å². The van der Waals surface area contributed by atoms with Gasteiger partial charge in [-0.05, 0) is 81.8 Å². The lowest BCUT2D eigenvalue weighted by Gasteiger charge is -2.33. The molecule has 276 valence electrons. The van der Waals surface area contributed by atoms with Crippen LogP contribution in [0.3, 0.4) is 0 Å². The molecule has 0 aromatic heterocycles. The highest BCUT2D eigenvalue weighted by molar-refractivity contribution is 5.98. The third-order valence-electron chi connectivity index (χ3n) is 10.8. The summed E-state index contributed by atoms with van der Waals surface area (Å²) in [4.78, 5) is 71.4. The van der Waals surface area contributed by atoms with Crippen LogP contribution in [0, 0.1) is 17.8 Å². The number of nitrogens with one attached hydrogen (secondary N) is 2. The lowest BCUT2D eigenvalue weighted by molar-refractivity contribution is -0.146. The second-order valence-corrected chi connectivity index (χ2v) is 15.6. The van der Waals surface area contributed by atoms with Crippen molar-refractivity contribution in [2.24, 2.45) is 17.8 Å². The average molecular weight is 715 g/mol. The van der Waals surface area contributed by atoms with Crippen molar-refractivity contribution in [1.29, 1.82) is 0 Å². The van der Waals surface area contributed by atoms with Gasteiger partial charge in [0.25, 0.3) is 5.91 Å². The number of hydrogen-bond donors (Lipinski definition) is 3. The first-order chi connectivity index (χ1) is 24.8. The highest BCUT2D eigenvalue weighted by Gasteiger charge is 2.62. The predicted molar refractivity (Wildman–Crippen MR) is 188 cm³/mol. The van der Waals surface area contributed by atoms with Gasteiger partial charge in [-0.25, -0.2) is 9.59 Å². The van der Waals surface area contributed by atoms with E-state index in [1.54, 1.807) is 31.7 Å². The maximum absolute atomic E-state index is 14.4. The third kappa shape index (κ3) is 7.05. The van der Waals surface area contributed by atoms with Gasteiger partial charge in [0.1, 0.15) is 23.2 Å². The summed E-state index contributed by atoms with van der Waals surface area (Å²) in [6.45, 7) is 6.07. The Hall–Kier alpha value is -5.07. The number of carboxylic acids is 1. The number of likely N-dealkylation sites (tertiary alicyclic amines) is 1. The van der Waals surface area contributed by atoms with Crippen molar-refractivity contribution in [1.82, 2.24) is 20.4 Å². The van der Waals surface area contributed by atoms with Crippen LogP contribution in [-0.2, 0) is 19.1 Å². The van der Waals surface area contributed by atoms with Gasteiger partial charge in [-0.15, -0.1) is 0 Å². The molecule has 3 fully saturated rings. The molecule has 0 unspecified atom stereocenters. The third-order valence-corrected chi connectivity index (χ3v) is 10.8. The Morgan fingerprint density at radius 2 is 1.77 bits per heavy atom. The van der Waals surface area contributed by atoms with Crippen molar-refractivity contribution in [3.05, 3.63) is 60.2 Å². The molecule has 7 rings (SSSR count). The van der Waals surface area contributed by atoms with Crippen LogP contribution >= 0.6 is 0 Å². The fraction of sp³-hybridized carbons (Fsp3) is 0.513. The molecule has 1 saturated carbocycles. The summed E-state index contributed by atoms with van der Waals surface area (Å²) in [5.41, 5.74) is -0.0599. The molecule has 3 N–H and O–H groups in total. The Morgan fingerprint density at radius 1 is 0.981 bits per heavy atom. The van der Waals surface area contributed by atoms with Gasteiger partial charge in [-0.2, -0.15) is 0 Å². The Morgan fingerprint density at radius 3 is 2.56 bits per heavy atom. The Bertz CT molecular complexity index is 1800. The van der Waals surface area contributed by atoms with Crippen molar-refractivity contribution in [3.8, 4) is 22.6 Å². The Labute approximate surface area is 302 Å². The largest absolute Gasteiger partial charge is 0.479 e. The smallest absolute Gasteiger partial charge is 0.408 e. The predicted octanol–water partition coefficient (Wildman–Crippen LogP) is 4.35. The molecule has 1 aliphatic carbocycles. The molecule has 2 aromatic carbocycles. The van der Waals surface area contributed by atoms with Crippen molar-refractivity contribution in [3.63, 3.8) is 0 Å². The highest BCUT2D eigenvalue weighted by atomic mass is 16.7. The summed E-state index contributed by atoms with van der Waals surface area (Å²) in [7, 11) is 0. The van der Waals surface area contributed by atoms with Crippen molar-refractivity contribution < 1.29 is 43.3 Å². The zero-order chi connectivity index (χ0) is 36.8. The Kier molecular flexibility index (Phi) is 9.39. The van der Waals surface area contributed by atoms with E-state index in [1.807, 2.05) is 48.6 Å². The van der Waals surface area contributed by atoms with Crippen molar-refractivity contribution in [2.45, 2.75) is 82.5 Å². The van der Waals surface area contributed by atoms with Crippen LogP contribution in [0.1, 0.15) is 69.7 Å². The number of alkyl carbamates (subject to hydrolysis) is 1. The number of carbonyl (C=O) groups is 5. The molecule has 0 bridgehead atoms. The number of amides is 4. The van der Waals surface area contributed by atoms with Gasteiger partial charge in [-0.3, -0.25) is 14.4 Å². The molecule has 0 radical (unpaired) electrons. The first-order valence-corrected chi connectivity index (χ1v) is 18.1. The van der Waals surface area contributed by atoms with Gasteiger partial charge in [0, 0.05) is 43.0 Å². The summed E-state index contributed by atoms with van der Waals surface area (Å²) < 4.78 is 16.5. The van der Waals surface area contributed by atoms with Crippen LogP contribution in [0.15, 0.2) is 54.6 Å². The molecule has 2 aromatic rings. The molecule has 2 saturated heterocycles. The molecule has 4 amide bonds. The van der Waals surface area contributed by atoms with Crippen LogP contribution in [0.4, 0.5) is 4.79 Å². The fourth-order valence-corrected chi connectivity index (χ4v) is 8.08. The summed E-state index contributed by atoms with van der Waals surface area (Å²) in [6.07, 6.45) is 6.75. The van der Waals surface area contributed by atoms with Crippen LogP contribution < -0.4 is 20.1 Å². The van der Waals surface area contributed by atoms with Gasteiger partial charge in [0.05, 0.1) is 0 Å². The van der Waals surface area contributed by atoms with E-state index in [0.29, 0.717) is 36.4 Å². The SMILES string of the molecule is CC(C)(C)OC(=O)N[C@@H]1CCCCC/C=C\[C@@H]2C[C@]2(C(=O)O)NC(=O)[C@@H]2[C@H]3CN(C(=O)c4cccc(-c5ccc6c(c5)OCO6)c4)C[C@H]3CN2C1=O. The highest BCUT2D eigenvalue weighted by Crippen LogP contribution is 2.46. The van der Waals surface area contributed by atoms with E-state index < -0.39 is 53.0 Å². The molecule has 0 spiro atoms. The minimum absolute atomic E-state index is 0.159. The van der Waals surface area contributed by atoms with Crippen LogP contribution in [-0.4, -0.2) is 94.3 Å². The maximum Gasteiger partial charge on any atom is 0.408 e. The molecule has 5 aliphatic rings. The summed E-state index contributed by atoms with van der Waals surface area (Å²) in [6, 6.07) is 11.0. The summed E-state index contributed by atoms with van der Waals surface area (Å²) >= 11 is 0. The standard InChI is InChI=1S/C39H46N4O9/c1-38(2,3)52-37(49)40-29-13-8-6-4-5-7-12-27-18-39(27,36(47)48)41-33(44)32-28-21-42(19-26(28)20-43(32)35(29)46)34(45)25-11-9-10-23(16-25)24-14-15-30-31(17-24)51-22-50-30/h7,9-12,14-17,26-29,32H,4-6,8,13,18-22H2,1-3H3,(H,40,49)(H,41,44)(H,47,48)/b12-7-/t26-,27+,28-,29+,32-,39-/m0/s1. The number of fused-ring (bicyclic) bond motifs is 5. The van der Waals surface area contributed by atoms with E-state index in [2.05, 4.69) is 10.6 Å². The van der Waals surface area contributed by atoms with E-state index in [9.17, 15) is 29.1 Å². The number of carboxylic acid groups (broad SMARTS) is 1. The molecule has 13 nitrogen and oxygen atoms in total. The first-order valence-electron chi connectivity index (χ1n) is 18.1. The van der Waals surface area contributed by atoms with E-state index in [1.165, 1.54) is 4.90 Å². The number of benzene rings is 2. The Balaban J connectivity index is 1.14. The second-order valence-electron chi connectivity index (χ2n) is 15.6. The number of nitrogens with zero attached hydrogens (tertiary/aromatic N) is 2. The summed E-state index contributed by atoms with van der Waals surface area (Å²) in [5, 5.41) is 15.8. The quantitative estimate of drug-likeness (QED) is 0.391. The first kappa shape index (κ1) is 35.3. The molecular weight excluding hydrogens is 668 g/mol. The average Bonchev–Trinajstić information content (AvgIpc) is 3.41. The molecule has 13 heteroatoms. The number of ether oxygens (including phenoxy) is 3. The van der Waals surface area contributed by atoms with Gasteiger partial charge in [0.2, 0.25) is 18.6 Å². The zero-order valence-corrected chi connectivity index (χ0v) is 29.8. The van der Waals surface area contributed by atoms with Gasteiger partial charge >= 0.3 is 12.1 Å². The topological polar surface area (TPSA) is 164 Å². The lowest BCUT2D eigenvalue weighted by atomic mass is 9.93. The number of rotatable bonds is 4. The minimum Gasteiger partial charge on any atom is -0.479 e. The fourth-order valence-electron chi connectivity index (χ4n) is 8.08. The molecular formula is C39H46N4O9. The van der Waals surface area contributed by atoms with Crippen molar-refractivity contribution in [2.75, 3.05) is 26.4 Å². The normalized spacial score (nSPS) is 29.1. The monoisotopic (exact) mass is 714 g/mol. The van der Waals surface area contributed by atoms with Crippen LogP contribution in [0.25, 0.3) is 11.1 Å². The number of hydrogen-bond acceptors (Lipinski definition) is 8. The summed E-state index contributed by atoms with van der Waals surface area (Å²) in [5.74, 6) is -2.05. The molecule has 4 aliphatic heterocycles. The maximum atomic E-state index is 14.4. The number of aliphatic carboxylic acids is 1. The van der Waals surface area contributed by atoms with Crippen LogP contribution in [0.2, 0.25) is 0 Å². The molecule has 4 heterocycles. The van der Waals surface area contributed by atoms with Gasteiger partial charge in [-0.1, -0.05) is 43.2 Å². The van der Waals surface area contributed by atoms with Crippen LogP contribution in [0.5, 0.6) is 11.5 Å². The van der Waals surface area contributed by atoms with E-state index in [-0.39, 0.29) is 44.0 Å². The second kappa shape index (κ2) is 13.8. The number of carbonyl (C=O) groups excluding carboxylic acids is 4. The minimum atomic E-state index is -1.46. The van der Waals surface area contributed by atoms with E-state index in [4.69, 9.17) is 14.2 Å². The van der Waals surface area contributed by atoms with Gasteiger partial charge in [0.15, 0.2) is 11.5 Å². The lowest BCUT2D eigenvalue weighted by Crippen LogP contribution is -2.58. The zero-order valence-electron chi connectivity index (χ0n) is 29.8. The number of allylic oxidation sites excluding steroid dienone is 1. The molecule has 52 heavy (non-hydrogen) atoms.